The van der Waals surface area contributed by atoms with Crippen molar-refractivity contribution in [1.82, 2.24) is 46.7 Å². The Balaban J connectivity index is 1.07. The van der Waals surface area contributed by atoms with Crippen molar-refractivity contribution in [3.05, 3.63) is 137 Å². The first-order valence-electron chi connectivity index (χ1n) is 30.7. The average Bonchev–Trinajstić information content (AvgIpc) is 1.79. The molecule has 8 atom stereocenters. The number of halogens is 2. The van der Waals surface area contributed by atoms with E-state index < -0.39 is 119 Å². The number of nitrogens with two attached hydrogens (primary N) is 2. The van der Waals surface area contributed by atoms with Gasteiger partial charge in [-0.15, -0.1) is 0 Å². The van der Waals surface area contributed by atoms with E-state index in [1.165, 1.54) is 94.8 Å². The highest BCUT2D eigenvalue weighted by Gasteiger charge is 2.42. The molecule has 8 rings (SSSR count). The number of nitrogens with one attached hydrogen (secondary N) is 7. The number of aromatic hydroxyl groups is 1. The largest absolute Gasteiger partial charge is 0.508 e. The van der Waals surface area contributed by atoms with Crippen LogP contribution in [-0.2, 0) is 78.7 Å². The number of hydrogen-bond acceptors (Lipinski definition) is 14. The molecule has 1 aromatic heterocycles. The third kappa shape index (κ3) is 19.6. The molecule has 486 valence electrons. The molecule has 5 aromatic rings. The summed E-state index contributed by atoms with van der Waals surface area (Å²) in [5, 5.41) is 27.0. The monoisotopic (exact) mass is 1290 g/mol. The van der Waals surface area contributed by atoms with Crippen LogP contribution in [0.15, 0.2) is 97.2 Å². The lowest BCUT2D eigenvalue weighted by Gasteiger charge is -2.31. The van der Waals surface area contributed by atoms with Gasteiger partial charge < -0.3 is 63.3 Å². The Morgan fingerprint density at radius 3 is 1.84 bits per heavy atom. The Bertz CT molecular complexity index is 3430. The molecule has 0 saturated carbocycles. The van der Waals surface area contributed by atoms with Gasteiger partial charge in [0.05, 0.1) is 6.04 Å². The third-order valence-corrected chi connectivity index (χ3v) is 18.5. The number of rotatable bonds is 11. The zero-order chi connectivity index (χ0) is 65.1. The molecular weight excluding hydrogens is 1210 g/mol. The molecule has 4 heterocycles. The van der Waals surface area contributed by atoms with E-state index in [1.807, 2.05) is 24.3 Å². The second kappa shape index (κ2) is 33.1. The number of nitrogens with zero attached hydrogens (tertiary/aromatic N) is 2. The molecule has 4 aromatic carbocycles. The van der Waals surface area contributed by atoms with E-state index in [2.05, 4.69) is 36.9 Å². The van der Waals surface area contributed by atoms with E-state index in [9.17, 15) is 57.0 Å². The van der Waals surface area contributed by atoms with E-state index in [0.717, 1.165) is 11.1 Å². The molecule has 22 nitrogen and oxygen atoms in total. The Hall–Kier alpha value is -8.36. The molecule has 3 aliphatic rings. The molecule has 3 aliphatic heterocycles. The molecule has 0 radical (unpaired) electrons. The fourth-order valence-electron chi connectivity index (χ4n) is 11.5. The lowest BCUT2D eigenvalue weighted by Crippen LogP contribution is -2.60. The summed E-state index contributed by atoms with van der Waals surface area (Å²) in [5.41, 5.74) is 15.4. The molecule has 12 N–H and O–H groups in total. The number of hydrogen-bond donors (Lipinski definition) is 10. The van der Waals surface area contributed by atoms with Gasteiger partial charge in [0.1, 0.15) is 59.7 Å². The van der Waals surface area contributed by atoms with Crippen LogP contribution in [-0.4, -0.2) is 158 Å². The molecule has 2 fully saturated rings. The van der Waals surface area contributed by atoms with Crippen LogP contribution in [0.25, 0.3) is 10.9 Å². The number of fused-ring (bicyclic) bond motifs is 5. The van der Waals surface area contributed by atoms with Crippen LogP contribution in [0.3, 0.4) is 0 Å². The minimum Gasteiger partial charge on any atom is -0.508 e. The number of thioether (sulfide) groups is 2. The van der Waals surface area contributed by atoms with Gasteiger partial charge in [-0.1, -0.05) is 48.5 Å². The summed E-state index contributed by atoms with van der Waals surface area (Å²) in [6, 6.07) is 13.2. The highest BCUT2D eigenvalue weighted by atomic mass is 32.2. The number of aromatic nitrogens is 1. The number of aromatic amines is 1. The van der Waals surface area contributed by atoms with Gasteiger partial charge in [-0.05, 0) is 129 Å². The van der Waals surface area contributed by atoms with Gasteiger partial charge in [0.15, 0.2) is 5.78 Å². The molecule has 0 aliphatic carbocycles. The van der Waals surface area contributed by atoms with Crippen molar-refractivity contribution in [3.8, 4) is 5.75 Å². The molecule has 0 unspecified atom stereocenters. The lowest BCUT2D eigenvalue weighted by atomic mass is 10.00. The highest BCUT2D eigenvalue weighted by Crippen LogP contribution is 2.26. The normalized spacial score (nSPS) is 23.8. The molecule has 26 heteroatoms. The van der Waals surface area contributed by atoms with Crippen LogP contribution in [0.1, 0.15) is 98.9 Å². The van der Waals surface area contributed by atoms with Crippen molar-refractivity contribution in [2.45, 2.75) is 150 Å². The summed E-state index contributed by atoms with van der Waals surface area (Å²) in [6.45, 7) is 1.92. The summed E-state index contributed by atoms with van der Waals surface area (Å²) in [7, 11) is 0. The predicted molar refractivity (Wildman–Crippen MR) is 340 cm³/mol. The van der Waals surface area contributed by atoms with Crippen molar-refractivity contribution in [2.24, 2.45) is 11.5 Å². The summed E-state index contributed by atoms with van der Waals surface area (Å²) < 4.78 is 29.0. The number of carbonyl (C=O) groups is 10. The number of benzene rings is 4. The number of primary amides is 1. The van der Waals surface area contributed by atoms with E-state index in [4.69, 9.17) is 11.5 Å². The number of unbranched alkanes of at least 4 members (excludes halogenated alkanes) is 1. The topological polar surface area (TPSA) is 337 Å². The molecular formula is C65H79F2N11O11S2. The summed E-state index contributed by atoms with van der Waals surface area (Å²) in [5.74, 6) is -6.31. The van der Waals surface area contributed by atoms with Crippen LogP contribution in [0.5, 0.6) is 5.75 Å². The van der Waals surface area contributed by atoms with Gasteiger partial charge >= 0.3 is 0 Å². The van der Waals surface area contributed by atoms with Gasteiger partial charge in [0.25, 0.3) is 0 Å². The van der Waals surface area contributed by atoms with Crippen molar-refractivity contribution in [3.63, 3.8) is 0 Å². The number of ketones is 1. The number of phenols is 1. The van der Waals surface area contributed by atoms with Crippen LogP contribution in [0.4, 0.5) is 8.78 Å². The van der Waals surface area contributed by atoms with Gasteiger partial charge in [0, 0.05) is 91.7 Å². The van der Waals surface area contributed by atoms with Gasteiger partial charge in [0.2, 0.25) is 53.2 Å². The molecule has 2 bridgehead atoms. The minimum atomic E-state index is -1.45. The molecule has 2 saturated heterocycles. The second-order valence-electron chi connectivity index (χ2n) is 23.2. The number of amides is 9. The van der Waals surface area contributed by atoms with Crippen molar-refractivity contribution < 1.29 is 61.8 Å². The van der Waals surface area contributed by atoms with Crippen molar-refractivity contribution >= 4 is 93.4 Å². The smallest absolute Gasteiger partial charge is 0.246 e. The lowest BCUT2D eigenvalue weighted by molar-refractivity contribution is -0.143. The SMILES string of the molecule is C[C@@H]1NC(=O)[C@@H]2CCCN2C(=O)[C@H](Cc2ccc(F)cc2)NC(=O)[C@H](Cc2c[nH]c3ccc(F)cc23)NC(=O)CCC(=O)[C@H](CCCCN)NC(=O)CCSCc2cccc(c2)CSC[C@@H](C(N)=O)NC(=O)[C@@H]2CCCN2C(=O)[C@H](Cc2ccc(O)cc2)NC1=O. The van der Waals surface area contributed by atoms with Crippen LogP contribution >= 0.6 is 23.5 Å². The van der Waals surface area contributed by atoms with E-state index in [0.29, 0.717) is 77.1 Å². The van der Waals surface area contributed by atoms with Gasteiger partial charge in [-0.2, -0.15) is 23.5 Å². The zero-order valence-electron chi connectivity index (χ0n) is 50.6. The number of phenolic OH excluding ortho intramolecular Hbond substituents is 1. The van der Waals surface area contributed by atoms with E-state index in [-0.39, 0.29) is 81.9 Å². The summed E-state index contributed by atoms with van der Waals surface area (Å²) in [6.07, 6.45) is 2.83. The van der Waals surface area contributed by atoms with E-state index >= 15 is 4.79 Å². The Morgan fingerprint density at radius 1 is 0.615 bits per heavy atom. The van der Waals surface area contributed by atoms with Crippen LogP contribution < -0.4 is 43.4 Å². The Kier molecular flexibility index (Phi) is 24.9. The van der Waals surface area contributed by atoms with Crippen molar-refractivity contribution in [2.75, 3.05) is 31.1 Å². The third-order valence-electron chi connectivity index (χ3n) is 16.4. The standard InChI is InChI=1S/C65H79F2N11O11S2/c1-38-60(84)74-51(31-40-14-19-46(79)20-15-40)64(88)78-27-6-11-55(78)63(87)76-53(59(69)83)37-91-36-42-8-4-7-41(29-42)35-90-28-24-58(82)72-49(9-2-3-25-68)56(80)22-23-57(81)73-50(32-43-34-70-48-21-18-45(67)33-47(43)48)61(85)75-52(30-39-12-16-44(66)17-13-39)65(89)77-26-5-10-54(77)62(86)71-38/h4,7-8,12-21,29,33-34,38,49-55,70,79H,2-3,5-6,9-11,22-28,30-32,35-37,68H2,1H3,(H2,69,83)(H,71,86)(H,72,82)(H,73,81)(H,74,84)(H,75,85)(H,76,87)/t38-,49-,50-,51-,52-,53-,54-,55-/m0/s1. The van der Waals surface area contributed by atoms with Crippen molar-refractivity contribution in [1.29, 1.82) is 0 Å². The van der Waals surface area contributed by atoms with Crippen LogP contribution in [0, 0.1) is 11.6 Å². The van der Waals surface area contributed by atoms with Gasteiger partial charge in [-0.3, -0.25) is 47.9 Å². The second-order valence-corrected chi connectivity index (χ2v) is 25.4. The fourth-order valence-corrected chi connectivity index (χ4v) is 13.4. The average molecular weight is 1290 g/mol. The zero-order valence-corrected chi connectivity index (χ0v) is 52.3. The fraction of sp³-hybridized carbons (Fsp3) is 0.446. The first kappa shape index (κ1) is 68.5. The number of carbonyl (C=O) groups excluding carboxylic acids is 10. The number of H-pyrrole nitrogens is 1. The number of Topliss-reactive ketones (excluding diaryl/α,β-unsaturated/α-hetero) is 1. The maximum Gasteiger partial charge on any atom is 0.246 e. The summed E-state index contributed by atoms with van der Waals surface area (Å²) in [4.78, 5) is 147. The molecule has 9 amide bonds. The van der Waals surface area contributed by atoms with E-state index in [1.54, 1.807) is 18.3 Å². The Labute approximate surface area is 534 Å². The maximum atomic E-state index is 15.0. The predicted octanol–water partition coefficient (Wildman–Crippen LogP) is 3.62. The van der Waals surface area contributed by atoms with Gasteiger partial charge in [-0.25, -0.2) is 8.78 Å². The first-order valence-corrected chi connectivity index (χ1v) is 33.0. The molecule has 0 spiro atoms. The Morgan fingerprint density at radius 2 is 1.20 bits per heavy atom. The summed E-state index contributed by atoms with van der Waals surface area (Å²) >= 11 is 2.87. The molecule has 91 heavy (non-hydrogen) atoms. The minimum absolute atomic E-state index is 0.0378. The maximum absolute atomic E-state index is 15.0. The first-order chi connectivity index (χ1) is 43.7. The van der Waals surface area contributed by atoms with Crippen LogP contribution in [0.2, 0.25) is 0 Å². The quantitative estimate of drug-likeness (QED) is 0.0845. The highest BCUT2D eigenvalue weighted by molar-refractivity contribution is 7.98.